The molecule has 0 aromatic heterocycles. The number of morpholine rings is 1. The van der Waals surface area contributed by atoms with E-state index in [2.05, 4.69) is 4.72 Å². The molecule has 1 aliphatic heterocycles. The molecule has 3 N–H and O–H groups in total. The lowest BCUT2D eigenvalue weighted by Crippen LogP contribution is -2.56. The van der Waals surface area contributed by atoms with Crippen molar-refractivity contribution < 1.29 is 13.2 Å². The van der Waals surface area contributed by atoms with Crippen LogP contribution in [0.4, 0.5) is 0 Å². The molecule has 1 saturated heterocycles. The minimum absolute atomic E-state index is 0.0136. The van der Waals surface area contributed by atoms with E-state index in [0.717, 1.165) is 19.3 Å². The molecular weight excluding hydrogens is 266 g/mol. The molecule has 0 aromatic rings. The first-order valence-corrected chi connectivity index (χ1v) is 8.49. The van der Waals surface area contributed by atoms with Crippen LogP contribution >= 0.6 is 0 Å². The topological polar surface area (TPSA) is 84.7 Å². The first-order chi connectivity index (χ1) is 8.94. The molecule has 0 radical (unpaired) electrons. The van der Waals surface area contributed by atoms with Gasteiger partial charge >= 0.3 is 0 Å². The first-order valence-electron chi connectivity index (χ1n) is 7.05. The summed E-state index contributed by atoms with van der Waals surface area (Å²) in [5.41, 5.74) is 5.70. The molecule has 0 aromatic carbocycles. The van der Waals surface area contributed by atoms with Crippen molar-refractivity contribution in [1.29, 1.82) is 0 Å². The van der Waals surface area contributed by atoms with Crippen LogP contribution in [0.5, 0.6) is 0 Å². The van der Waals surface area contributed by atoms with Crippen molar-refractivity contribution in [3.05, 3.63) is 0 Å². The largest absolute Gasteiger partial charge is 0.375 e. The van der Waals surface area contributed by atoms with Crippen molar-refractivity contribution in [3.8, 4) is 0 Å². The molecule has 0 bridgehead atoms. The molecule has 2 rings (SSSR count). The normalized spacial score (nSPS) is 37.6. The molecule has 7 heteroatoms. The van der Waals surface area contributed by atoms with Gasteiger partial charge < -0.3 is 10.5 Å². The number of rotatable bonds is 4. The van der Waals surface area contributed by atoms with Gasteiger partial charge in [-0.25, -0.2) is 0 Å². The first kappa shape index (κ1) is 15.2. The van der Waals surface area contributed by atoms with Crippen LogP contribution < -0.4 is 10.5 Å². The van der Waals surface area contributed by atoms with E-state index < -0.39 is 10.2 Å². The summed E-state index contributed by atoms with van der Waals surface area (Å²) < 4.78 is 34.8. The van der Waals surface area contributed by atoms with E-state index in [1.54, 1.807) is 0 Å². The lowest BCUT2D eigenvalue weighted by molar-refractivity contribution is -0.0176. The Balaban J connectivity index is 2.04. The molecule has 112 valence electrons. The fourth-order valence-corrected chi connectivity index (χ4v) is 4.71. The van der Waals surface area contributed by atoms with Gasteiger partial charge in [-0.15, -0.1) is 0 Å². The highest BCUT2D eigenvalue weighted by atomic mass is 32.2. The Bertz CT molecular complexity index is 401. The molecular formula is C12H25N3O3S. The van der Waals surface area contributed by atoms with E-state index in [1.165, 1.54) is 4.31 Å². The summed E-state index contributed by atoms with van der Waals surface area (Å²) >= 11 is 0. The Morgan fingerprint density at radius 1 is 1.37 bits per heavy atom. The van der Waals surface area contributed by atoms with E-state index in [9.17, 15) is 8.42 Å². The van der Waals surface area contributed by atoms with E-state index in [4.69, 9.17) is 10.5 Å². The second kappa shape index (κ2) is 6.05. The van der Waals surface area contributed by atoms with E-state index in [1.807, 2.05) is 13.8 Å². The average Bonchev–Trinajstić information content (AvgIpc) is 2.78. The van der Waals surface area contributed by atoms with Gasteiger partial charge in [0, 0.05) is 18.6 Å². The molecule has 19 heavy (non-hydrogen) atoms. The van der Waals surface area contributed by atoms with Crippen LogP contribution in [-0.2, 0) is 14.9 Å². The van der Waals surface area contributed by atoms with E-state index in [-0.39, 0.29) is 24.1 Å². The fraction of sp³-hybridized carbons (Fsp3) is 1.00. The zero-order chi connectivity index (χ0) is 14.0. The van der Waals surface area contributed by atoms with E-state index >= 15 is 0 Å². The smallest absolute Gasteiger partial charge is 0.280 e. The summed E-state index contributed by atoms with van der Waals surface area (Å²) in [6, 6.07) is -0.133. The van der Waals surface area contributed by atoms with Gasteiger partial charge in [-0.05, 0) is 39.2 Å². The number of hydrogen-bond acceptors (Lipinski definition) is 4. The Labute approximate surface area is 115 Å². The van der Waals surface area contributed by atoms with Crippen LogP contribution in [0.3, 0.4) is 0 Å². The van der Waals surface area contributed by atoms with Gasteiger partial charge in [-0.1, -0.05) is 6.42 Å². The van der Waals surface area contributed by atoms with Crippen molar-refractivity contribution in [2.75, 3.05) is 19.7 Å². The van der Waals surface area contributed by atoms with Crippen LogP contribution in [0.15, 0.2) is 0 Å². The summed E-state index contributed by atoms with van der Waals surface area (Å²) in [4.78, 5) is 0. The third-order valence-electron chi connectivity index (χ3n) is 4.12. The predicted molar refractivity (Wildman–Crippen MR) is 73.8 cm³/mol. The maximum absolute atomic E-state index is 12.5. The number of hydrogen-bond donors (Lipinski definition) is 2. The minimum Gasteiger partial charge on any atom is -0.375 e. The van der Waals surface area contributed by atoms with Gasteiger partial charge in [-0.2, -0.15) is 17.4 Å². The second-order valence-corrected chi connectivity index (χ2v) is 7.37. The number of nitrogens with one attached hydrogen (secondary N) is 1. The monoisotopic (exact) mass is 291 g/mol. The predicted octanol–water partition coefficient (Wildman–Crippen LogP) is 0.0574. The van der Waals surface area contributed by atoms with Crippen LogP contribution in [0.1, 0.15) is 33.1 Å². The molecule has 1 aliphatic carbocycles. The maximum Gasteiger partial charge on any atom is 0.280 e. The molecule has 1 heterocycles. The molecule has 2 fully saturated rings. The van der Waals surface area contributed by atoms with Crippen molar-refractivity contribution in [2.24, 2.45) is 11.7 Å². The van der Waals surface area contributed by atoms with Crippen LogP contribution in [0.25, 0.3) is 0 Å². The number of nitrogens with two attached hydrogens (primary N) is 1. The molecule has 2 aliphatic rings. The highest BCUT2D eigenvalue weighted by molar-refractivity contribution is 7.87. The Kier molecular flexibility index (Phi) is 4.84. The molecule has 0 amide bonds. The van der Waals surface area contributed by atoms with E-state index in [0.29, 0.717) is 19.7 Å². The van der Waals surface area contributed by atoms with Crippen LogP contribution in [0, 0.1) is 5.92 Å². The summed E-state index contributed by atoms with van der Waals surface area (Å²) in [7, 11) is -3.44. The summed E-state index contributed by atoms with van der Waals surface area (Å²) in [5, 5.41) is 0. The van der Waals surface area contributed by atoms with Crippen molar-refractivity contribution >= 4 is 10.2 Å². The molecule has 0 spiro atoms. The zero-order valence-electron chi connectivity index (χ0n) is 11.7. The van der Waals surface area contributed by atoms with Gasteiger partial charge in [0.05, 0.1) is 12.7 Å². The quantitative estimate of drug-likeness (QED) is 0.767. The summed E-state index contributed by atoms with van der Waals surface area (Å²) in [5.74, 6) is 0.267. The highest BCUT2D eigenvalue weighted by Gasteiger charge is 2.37. The van der Waals surface area contributed by atoms with Crippen molar-refractivity contribution in [3.63, 3.8) is 0 Å². The SMILES string of the molecule is C[C@@H]1CN(S(=O)(=O)N[C@@H]2CCC[C@H]2CN)[C@@H](C)CO1. The zero-order valence-corrected chi connectivity index (χ0v) is 12.5. The number of ether oxygens (including phenoxy) is 1. The average molecular weight is 291 g/mol. The van der Waals surface area contributed by atoms with Gasteiger partial charge in [0.1, 0.15) is 0 Å². The standard InChI is InChI=1S/C12H25N3O3S/c1-9-8-18-10(2)7-15(9)19(16,17)14-12-5-3-4-11(12)6-13/h9-12,14H,3-8,13H2,1-2H3/t9-,10+,11-,12+/m0/s1. The summed E-state index contributed by atoms with van der Waals surface area (Å²) in [6.07, 6.45) is 2.89. The van der Waals surface area contributed by atoms with Crippen molar-refractivity contribution in [2.45, 2.75) is 51.3 Å². The second-order valence-electron chi connectivity index (χ2n) is 5.72. The maximum atomic E-state index is 12.5. The highest BCUT2D eigenvalue weighted by Crippen LogP contribution is 2.26. The molecule has 0 unspecified atom stereocenters. The molecule has 6 nitrogen and oxygen atoms in total. The van der Waals surface area contributed by atoms with Crippen LogP contribution in [0.2, 0.25) is 0 Å². The third-order valence-corrected chi connectivity index (χ3v) is 5.85. The Hall–Kier alpha value is -0.210. The lowest BCUT2D eigenvalue weighted by atomic mass is 10.1. The van der Waals surface area contributed by atoms with Gasteiger partial charge in [0.2, 0.25) is 0 Å². The van der Waals surface area contributed by atoms with Gasteiger partial charge in [0.15, 0.2) is 0 Å². The Morgan fingerprint density at radius 2 is 2.11 bits per heavy atom. The molecule has 4 atom stereocenters. The van der Waals surface area contributed by atoms with Gasteiger partial charge in [0.25, 0.3) is 10.2 Å². The van der Waals surface area contributed by atoms with Crippen LogP contribution in [-0.4, -0.2) is 50.6 Å². The summed E-state index contributed by atoms with van der Waals surface area (Å²) in [6.45, 7) is 5.18. The minimum atomic E-state index is -3.44. The van der Waals surface area contributed by atoms with Crippen molar-refractivity contribution in [1.82, 2.24) is 9.03 Å². The van der Waals surface area contributed by atoms with Gasteiger partial charge in [-0.3, -0.25) is 0 Å². The Morgan fingerprint density at radius 3 is 2.79 bits per heavy atom. The molecule has 1 saturated carbocycles. The lowest BCUT2D eigenvalue weighted by Gasteiger charge is -2.36. The number of nitrogens with zero attached hydrogens (tertiary/aromatic N) is 1. The third kappa shape index (κ3) is 3.46. The fourth-order valence-electron chi connectivity index (χ4n) is 2.94.